The van der Waals surface area contributed by atoms with Crippen molar-refractivity contribution in [1.29, 1.82) is 0 Å². The van der Waals surface area contributed by atoms with Crippen molar-refractivity contribution in [3.63, 3.8) is 0 Å². The van der Waals surface area contributed by atoms with E-state index in [1.165, 1.54) is 12.3 Å². The van der Waals surface area contributed by atoms with E-state index in [1.54, 1.807) is 18.2 Å². The maximum Gasteiger partial charge on any atom is 0.176 e. The zero-order chi connectivity index (χ0) is 20.6. The lowest BCUT2D eigenvalue weighted by atomic mass is 9.85. The van der Waals surface area contributed by atoms with Gasteiger partial charge in [-0.2, -0.15) is 0 Å². The second-order valence-electron chi connectivity index (χ2n) is 7.78. The third-order valence-electron chi connectivity index (χ3n) is 5.64. The molecule has 0 bridgehead atoms. The predicted molar refractivity (Wildman–Crippen MR) is 114 cm³/mol. The van der Waals surface area contributed by atoms with Gasteiger partial charge >= 0.3 is 0 Å². The van der Waals surface area contributed by atoms with Crippen molar-refractivity contribution in [1.82, 2.24) is 4.90 Å². The largest absolute Gasteiger partial charge is 0.302 e. The van der Waals surface area contributed by atoms with Crippen molar-refractivity contribution in [3.05, 3.63) is 89.2 Å². The van der Waals surface area contributed by atoms with Crippen LogP contribution in [0.5, 0.6) is 0 Å². The summed E-state index contributed by atoms with van der Waals surface area (Å²) in [5.41, 5.74) is 4.51. The van der Waals surface area contributed by atoms with Gasteiger partial charge in [-0.05, 0) is 60.5 Å². The predicted octanol–water partition coefficient (Wildman–Crippen LogP) is 4.86. The van der Waals surface area contributed by atoms with Gasteiger partial charge in [0, 0.05) is 24.3 Å². The van der Waals surface area contributed by atoms with Crippen molar-refractivity contribution < 1.29 is 12.8 Å². The summed E-state index contributed by atoms with van der Waals surface area (Å²) in [5, 5.41) is 0. The van der Waals surface area contributed by atoms with Crippen LogP contribution in [0.15, 0.2) is 71.6 Å². The Labute approximate surface area is 171 Å². The highest BCUT2D eigenvalue weighted by atomic mass is 32.2. The lowest BCUT2D eigenvalue weighted by Crippen LogP contribution is -2.17. The van der Waals surface area contributed by atoms with Crippen molar-refractivity contribution >= 4 is 9.84 Å². The summed E-state index contributed by atoms with van der Waals surface area (Å²) in [4.78, 5) is 2.55. The van der Waals surface area contributed by atoms with Gasteiger partial charge in [-0.1, -0.05) is 48.5 Å². The first-order valence-electron chi connectivity index (χ1n) is 9.70. The molecule has 0 amide bonds. The van der Waals surface area contributed by atoms with Gasteiger partial charge < -0.3 is 4.90 Å². The zero-order valence-electron chi connectivity index (χ0n) is 16.6. The summed E-state index contributed by atoms with van der Waals surface area (Å²) in [5.74, 6) is -0.199. The molecule has 3 aromatic rings. The van der Waals surface area contributed by atoms with E-state index >= 15 is 0 Å². The molecule has 3 nitrogen and oxygen atoms in total. The van der Waals surface area contributed by atoms with E-state index in [0.29, 0.717) is 16.0 Å². The quantitative estimate of drug-likeness (QED) is 0.620. The fourth-order valence-corrected chi connectivity index (χ4v) is 5.15. The minimum absolute atomic E-state index is 0.0182. The Bertz CT molecular complexity index is 1160. The molecule has 150 valence electrons. The highest BCUT2D eigenvalue weighted by Gasteiger charge is 2.25. The lowest BCUT2D eigenvalue weighted by molar-refractivity contribution is 0.328. The standard InChI is InChI=1S/C24H24FNO2S/c1-26-14-13-21(22-8-3-5-9-23(22)25)19-12-11-17(15-18(19)16-26)20-7-4-6-10-24(20)29(2,27)28/h3-12,15,21H,13-14,16H2,1-2H3. The van der Waals surface area contributed by atoms with Crippen LogP contribution in [0.3, 0.4) is 0 Å². The first-order chi connectivity index (χ1) is 13.8. The summed E-state index contributed by atoms with van der Waals surface area (Å²) >= 11 is 0. The molecule has 0 fully saturated rings. The average Bonchev–Trinajstić information content (AvgIpc) is 2.85. The molecule has 1 atom stereocenters. The van der Waals surface area contributed by atoms with E-state index in [4.69, 9.17) is 0 Å². The van der Waals surface area contributed by atoms with Crippen LogP contribution in [0.1, 0.15) is 29.0 Å². The molecule has 0 aromatic heterocycles. The van der Waals surface area contributed by atoms with Gasteiger partial charge in [0.1, 0.15) is 5.82 Å². The first-order valence-corrected chi connectivity index (χ1v) is 11.6. The smallest absolute Gasteiger partial charge is 0.176 e. The fraction of sp³-hybridized carbons (Fsp3) is 0.250. The molecule has 1 aliphatic heterocycles. The molecule has 0 spiro atoms. The van der Waals surface area contributed by atoms with E-state index in [9.17, 15) is 12.8 Å². The van der Waals surface area contributed by atoms with Crippen LogP contribution in [0.4, 0.5) is 4.39 Å². The number of benzene rings is 3. The van der Waals surface area contributed by atoms with Crippen molar-refractivity contribution in [3.8, 4) is 11.1 Å². The van der Waals surface area contributed by atoms with Gasteiger partial charge in [-0.15, -0.1) is 0 Å². The molecule has 3 aromatic carbocycles. The number of nitrogens with zero attached hydrogens (tertiary/aromatic N) is 1. The van der Waals surface area contributed by atoms with E-state index in [-0.39, 0.29) is 11.7 Å². The Morgan fingerprint density at radius 3 is 2.45 bits per heavy atom. The van der Waals surface area contributed by atoms with Crippen molar-refractivity contribution in [2.45, 2.75) is 23.8 Å². The summed E-state index contributed by atoms with van der Waals surface area (Å²) in [6.45, 7) is 1.61. The first kappa shape index (κ1) is 19.8. The molecule has 0 saturated carbocycles. The van der Waals surface area contributed by atoms with Gasteiger partial charge in [-0.3, -0.25) is 0 Å². The second kappa shape index (κ2) is 7.73. The molecular weight excluding hydrogens is 385 g/mol. The second-order valence-corrected chi connectivity index (χ2v) is 9.77. The van der Waals surface area contributed by atoms with Crippen molar-refractivity contribution in [2.24, 2.45) is 0 Å². The number of hydrogen-bond acceptors (Lipinski definition) is 3. The van der Waals surface area contributed by atoms with E-state index in [0.717, 1.165) is 36.2 Å². The van der Waals surface area contributed by atoms with Crippen LogP contribution in [0.2, 0.25) is 0 Å². The van der Waals surface area contributed by atoms with Crippen LogP contribution < -0.4 is 0 Å². The molecule has 1 aliphatic rings. The third kappa shape index (κ3) is 3.98. The topological polar surface area (TPSA) is 37.4 Å². The summed E-state index contributed by atoms with van der Waals surface area (Å²) < 4.78 is 39.0. The minimum Gasteiger partial charge on any atom is -0.302 e. The summed E-state index contributed by atoms with van der Waals surface area (Å²) in [7, 11) is -1.28. The highest BCUT2D eigenvalue weighted by Crippen LogP contribution is 2.37. The van der Waals surface area contributed by atoms with E-state index < -0.39 is 9.84 Å². The Morgan fingerprint density at radius 2 is 1.69 bits per heavy atom. The fourth-order valence-electron chi connectivity index (χ4n) is 4.23. The molecule has 29 heavy (non-hydrogen) atoms. The van der Waals surface area contributed by atoms with Crippen molar-refractivity contribution in [2.75, 3.05) is 19.8 Å². The number of rotatable bonds is 3. The SMILES string of the molecule is CN1CCC(c2ccccc2F)c2ccc(-c3ccccc3S(C)(=O)=O)cc2C1. The Kier molecular flexibility index (Phi) is 5.28. The molecule has 4 rings (SSSR count). The highest BCUT2D eigenvalue weighted by molar-refractivity contribution is 7.90. The van der Waals surface area contributed by atoms with Crippen LogP contribution in [-0.4, -0.2) is 33.2 Å². The molecule has 0 aliphatic carbocycles. The van der Waals surface area contributed by atoms with Gasteiger partial charge in [-0.25, -0.2) is 12.8 Å². The van der Waals surface area contributed by atoms with Gasteiger partial charge in [0.15, 0.2) is 9.84 Å². The average molecular weight is 410 g/mol. The van der Waals surface area contributed by atoms with Crippen LogP contribution in [-0.2, 0) is 16.4 Å². The molecule has 0 radical (unpaired) electrons. The molecule has 1 heterocycles. The van der Waals surface area contributed by atoms with Crippen LogP contribution >= 0.6 is 0 Å². The molecule has 0 N–H and O–H groups in total. The maximum atomic E-state index is 14.5. The Hall–Kier alpha value is -2.50. The minimum atomic E-state index is -3.34. The third-order valence-corrected chi connectivity index (χ3v) is 6.79. The molecule has 0 saturated heterocycles. The molecule has 1 unspecified atom stereocenters. The molecule has 5 heteroatoms. The summed E-state index contributed by atoms with van der Waals surface area (Å²) in [6.07, 6.45) is 2.07. The monoisotopic (exact) mass is 409 g/mol. The zero-order valence-corrected chi connectivity index (χ0v) is 17.4. The number of halogens is 1. The van der Waals surface area contributed by atoms with E-state index in [1.807, 2.05) is 36.4 Å². The Morgan fingerprint density at radius 1 is 0.966 bits per heavy atom. The van der Waals surface area contributed by atoms with E-state index in [2.05, 4.69) is 18.0 Å². The summed E-state index contributed by atoms with van der Waals surface area (Å²) in [6, 6.07) is 20.1. The van der Waals surface area contributed by atoms with Crippen LogP contribution in [0.25, 0.3) is 11.1 Å². The van der Waals surface area contributed by atoms with Gasteiger partial charge in [0.25, 0.3) is 0 Å². The Balaban J connectivity index is 1.86. The number of hydrogen-bond donors (Lipinski definition) is 0. The number of fused-ring (bicyclic) bond motifs is 1. The van der Waals surface area contributed by atoms with Gasteiger partial charge in [0.05, 0.1) is 4.90 Å². The van der Waals surface area contributed by atoms with Gasteiger partial charge in [0.2, 0.25) is 0 Å². The van der Waals surface area contributed by atoms with Crippen LogP contribution in [0, 0.1) is 5.82 Å². The molecular formula is C24H24FNO2S. The maximum absolute atomic E-state index is 14.5. The number of sulfone groups is 1. The lowest BCUT2D eigenvalue weighted by Gasteiger charge is -2.19. The normalized spacial score (nSPS) is 17.6.